The molecule has 0 aliphatic carbocycles. The molecule has 18 heavy (non-hydrogen) atoms. The maximum atomic E-state index is 6.07. The third-order valence-electron chi connectivity index (χ3n) is 2.65. The maximum absolute atomic E-state index is 6.07. The van der Waals surface area contributed by atoms with Crippen molar-refractivity contribution in [3.63, 3.8) is 0 Å². The van der Waals surface area contributed by atoms with Crippen LogP contribution >= 0.6 is 11.6 Å². The van der Waals surface area contributed by atoms with Crippen LogP contribution in [0.15, 0.2) is 34.9 Å². The summed E-state index contributed by atoms with van der Waals surface area (Å²) in [6, 6.07) is 7.65. The van der Waals surface area contributed by atoms with Crippen molar-refractivity contribution in [2.75, 3.05) is 7.05 Å². The zero-order valence-electron chi connectivity index (χ0n) is 10.5. The molecule has 0 atom stereocenters. The number of hydrogen-bond acceptors (Lipinski definition) is 3. The molecule has 2 aromatic rings. The third kappa shape index (κ3) is 3.06. The van der Waals surface area contributed by atoms with Crippen LogP contribution < -0.4 is 10.1 Å². The highest BCUT2D eigenvalue weighted by molar-refractivity contribution is 6.32. The van der Waals surface area contributed by atoms with E-state index in [9.17, 15) is 0 Å². The van der Waals surface area contributed by atoms with Gasteiger partial charge in [0.2, 0.25) is 0 Å². The average Bonchev–Trinajstić information content (AvgIpc) is 2.78. The SMILES string of the molecule is CNCc1ccoc1COc1cc(C)ccc1Cl. The van der Waals surface area contributed by atoms with Gasteiger partial charge in [0.1, 0.15) is 18.1 Å². The van der Waals surface area contributed by atoms with E-state index >= 15 is 0 Å². The Bertz CT molecular complexity index is 522. The van der Waals surface area contributed by atoms with Gasteiger partial charge in [0.05, 0.1) is 11.3 Å². The smallest absolute Gasteiger partial charge is 0.146 e. The van der Waals surface area contributed by atoms with Gasteiger partial charge in [-0.3, -0.25) is 0 Å². The zero-order chi connectivity index (χ0) is 13.0. The lowest BCUT2D eigenvalue weighted by Gasteiger charge is -2.08. The number of benzene rings is 1. The van der Waals surface area contributed by atoms with Crippen molar-refractivity contribution >= 4 is 11.6 Å². The van der Waals surface area contributed by atoms with Gasteiger partial charge in [0, 0.05) is 12.1 Å². The van der Waals surface area contributed by atoms with Crippen LogP contribution in [0.2, 0.25) is 5.02 Å². The van der Waals surface area contributed by atoms with Crippen molar-refractivity contribution in [3.8, 4) is 5.75 Å². The molecule has 1 aromatic carbocycles. The molecule has 1 aromatic heterocycles. The van der Waals surface area contributed by atoms with Gasteiger partial charge in [-0.2, -0.15) is 0 Å². The molecular formula is C14H16ClNO2. The van der Waals surface area contributed by atoms with Crippen molar-refractivity contribution in [2.24, 2.45) is 0 Å². The molecule has 0 saturated heterocycles. The van der Waals surface area contributed by atoms with Crippen LogP contribution in [0.1, 0.15) is 16.9 Å². The van der Waals surface area contributed by atoms with Crippen molar-refractivity contribution < 1.29 is 9.15 Å². The molecule has 2 rings (SSSR count). The van der Waals surface area contributed by atoms with Crippen molar-refractivity contribution in [3.05, 3.63) is 52.4 Å². The van der Waals surface area contributed by atoms with E-state index in [0.29, 0.717) is 17.4 Å². The Morgan fingerprint density at radius 2 is 2.17 bits per heavy atom. The summed E-state index contributed by atoms with van der Waals surface area (Å²) in [6.07, 6.45) is 1.67. The minimum absolute atomic E-state index is 0.382. The van der Waals surface area contributed by atoms with Crippen LogP contribution in [0.3, 0.4) is 0 Å². The van der Waals surface area contributed by atoms with E-state index in [1.807, 2.05) is 38.2 Å². The number of rotatable bonds is 5. The molecule has 96 valence electrons. The van der Waals surface area contributed by atoms with Crippen molar-refractivity contribution in [1.82, 2.24) is 5.32 Å². The fourth-order valence-corrected chi connectivity index (χ4v) is 1.88. The molecule has 4 heteroatoms. The first-order valence-corrected chi connectivity index (χ1v) is 6.17. The first-order valence-electron chi connectivity index (χ1n) is 5.79. The first kappa shape index (κ1) is 13.0. The van der Waals surface area contributed by atoms with E-state index in [-0.39, 0.29) is 0 Å². The van der Waals surface area contributed by atoms with Crippen LogP contribution in [-0.4, -0.2) is 7.05 Å². The molecule has 0 fully saturated rings. The van der Waals surface area contributed by atoms with E-state index in [2.05, 4.69) is 5.32 Å². The molecule has 0 unspecified atom stereocenters. The highest BCUT2D eigenvalue weighted by Gasteiger charge is 2.08. The summed E-state index contributed by atoms with van der Waals surface area (Å²) in [6.45, 7) is 3.15. The number of ether oxygens (including phenoxy) is 1. The second-order valence-electron chi connectivity index (χ2n) is 4.12. The summed E-state index contributed by atoms with van der Waals surface area (Å²) < 4.78 is 11.1. The van der Waals surface area contributed by atoms with Gasteiger partial charge < -0.3 is 14.5 Å². The number of furan rings is 1. The van der Waals surface area contributed by atoms with Gasteiger partial charge >= 0.3 is 0 Å². The fourth-order valence-electron chi connectivity index (χ4n) is 1.71. The standard InChI is InChI=1S/C14H16ClNO2/c1-10-3-4-12(15)13(7-10)18-9-14-11(8-16-2)5-6-17-14/h3-7,16H,8-9H2,1-2H3. The number of hydrogen-bond donors (Lipinski definition) is 1. The largest absolute Gasteiger partial charge is 0.484 e. The molecule has 0 aliphatic rings. The maximum Gasteiger partial charge on any atom is 0.146 e. The highest BCUT2D eigenvalue weighted by Crippen LogP contribution is 2.26. The van der Waals surface area contributed by atoms with Crippen LogP contribution in [0, 0.1) is 6.92 Å². The Kier molecular flexibility index (Phi) is 4.28. The van der Waals surface area contributed by atoms with E-state index < -0.39 is 0 Å². The molecule has 0 radical (unpaired) electrons. The molecule has 0 saturated carbocycles. The Morgan fingerprint density at radius 3 is 2.94 bits per heavy atom. The lowest BCUT2D eigenvalue weighted by Crippen LogP contribution is -2.07. The van der Waals surface area contributed by atoms with Crippen LogP contribution in [0.25, 0.3) is 0 Å². The monoisotopic (exact) mass is 265 g/mol. The predicted octanol–water partition coefficient (Wildman–Crippen LogP) is 3.54. The lowest BCUT2D eigenvalue weighted by molar-refractivity contribution is 0.268. The summed E-state index contributed by atoms with van der Waals surface area (Å²) in [5.41, 5.74) is 2.21. The van der Waals surface area contributed by atoms with Gasteiger partial charge in [-0.05, 0) is 37.7 Å². The second kappa shape index (κ2) is 5.94. The van der Waals surface area contributed by atoms with Crippen LogP contribution in [0.4, 0.5) is 0 Å². The van der Waals surface area contributed by atoms with E-state index in [1.54, 1.807) is 6.26 Å². The van der Waals surface area contributed by atoms with E-state index in [4.69, 9.17) is 20.8 Å². The average molecular weight is 266 g/mol. The summed E-state index contributed by atoms with van der Waals surface area (Å²) >= 11 is 6.07. The van der Waals surface area contributed by atoms with Gasteiger partial charge in [0.25, 0.3) is 0 Å². The fraction of sp³-hybridized carbons (Fsp3) is 0.286. The molecule has 0 spiro atoms. The van der Waals surface area contributed by atoms with Gasteiger partial charge in [-0.15, -0.1) is 0 Å². The van der Waals surface area contributed by atoms with Crippen LogP contribution in [0.5, 0.6) is 5.75 Å². The Balaban J connectivity index is 2.06. The molecule has 0 amide bonds. The second-order valence-corrected chi connectivity index (χ2v) is 4.53. The molecule has 0 aliphatic heterocycles. The van der Waals surface area contributed by atoms with Crippen molar-refractivity contribution in [2.45, 2.75) is 20.1 Å². The first-order chi connectivity index (χ1) is 8.70. The van der Waals surface area contributed by atoms with Crippen LogP contribution in [-0.2, 0) is 13.2 Å². The van der Waals surface area contributed by atoms with E-state index in [0.717, 1.165) is 23.4 Å². The van der Waals surface area contributed by atoms with Gasteiger partial charge in [-0.1, -0.05) is 17.7 Å². The quantitative estimate of drug-likeness (QED) is 0.898. The predicted molar refractivity (Wildman–Crippen MR) is 72.0 cm³/mol. The third-order valence-corrected chi connectivity index (χ3v) is 2.96. The van der Waals surface area contributed by atoms with Gasteiger partial charge in [-0.25, -0.2) is 0 Å². The Hall–Kier alpha value is -1.45. The number of aryl methyl sites for hydroxylation is 1. The normalized spacial score (nSPS) is 10.6. The summed E-state index contributed by atoms with van der Waals surface area (Å²) in [7, 11) is 1.90. The van der Waals surface area contributed by atoms with Crippen molar-refractivity contribution in [1.29, 1.82) is 0 Å². The van der Waals surface area contributed by atoms with Gasteiger partial charge in [0.15, 0.2) is 0 Å². The molecule has 0 bridgehead atoms. The Morgan fingerprint density at radius 1 is 1.33 bits per heavy atom. The lowest BCUT2D eigenvalue weighted by atomic mass is 10.2. The number of halogens is 1. The summed E-state index contributed by atoms with van der Waals surface area (Å²) in [5.74, 6) is 1.50. The summed E-state index contributed by atoms with van der Waals surface area (Å²) in [5, 5.41) is 3.70. The zero-order valence-corrected chi connectivity index (χ0v) is 11.3. The number of nitrogens with one attached hydrogen (secondary N) is 1. The topological polar surface area (TPSA) is 34.4 Å². The van der Waals surface area contributed by atoms with E-state index in [1.165, 1.54) is 0 Å². The molecule has 3 nitrogen and oxygen atoms in total. The Labute approximate surface area is 112 Å². The minimum Gasteiger partial charge on any atom is -0.484 e. The highest BCUT2D eigenvalue weighted by atomic mass is 35.5. The molecular weight excluding hydrogens is 250 g/mol. The minimum atomic E-state index is 0.382. The molecule has 1 N–H and O–H groups in total. The molecule has 1 heterocycles. The summed E-state index contributed by atoms with van der Waals surface area (Å²) in [4.78, 5) is 0.